The minimum atomic E-state index is -0.539. The van der Waals surface area contributed by atoms with Gasteiger partial charge in [-0.3, -0.25) is 5.10 Å². The van der Waals surface area contributed by atoms with Crippen molar-refractivity contribution in [2.75, 3.05) is 18.0 Å². The lowest BCUT2D eigenvalue weighted by molar-refractivity contribution is 0.376. The zero-order valence-corrected chi connectivity index (χ0v) is 11.7. The summed E-state index contributed by atoms with van der Waals surface area (Å²) < 4.78 is 27.0. The molecule has 2 aromatic rings. The summed E-state index contributed by atoms with van der Waals surface area (Å²) in [5.41, 5.74) is 6.12. The lowest BCUT2D eigenvalue weighted by Crippen LogP contribution is -2.48. The molecule has 2 heterocycles. The highest BCUT2D eigenvalue weighted by Crippen LogP contribution is 2.24. The molecule has 1 aliphatic heterocycles. The third-order valence-corrected chi connectivity index (χ3v) is 3.96. The van der Waals surface area contributed by atoms with Gasteiger partial charge in [0.25, 0.3) is 0 Å². The van der Waals surface area contributed by atoms with Crippen molar-refractivity contribution in [1.29, 1.82) is 0 Å². The number of piperidine rings is 1. The fourth-order valence-electron chi connectivity index (χ4n) is 2.47. The fraction of sp³-hybridized carbons (Fsp3) is 0.429. The van der Waals surface area contributed by atoms with E-state index in [1.54, 1.807) is 0 Å². The van der Waals surface area contributed by atoms with Gasteiger partial charge in [-0.05, 0) is 30.5 Å². The average Bonchev–Trinajstić information content (AvgIpc) is 2.94. The number of anilines is 1. The van der Waals surface area contributed by atoms with Crippen LogP contribution in [-0.2, 0) is 0 Å². The molecule has 5 nitrogen and oxygen atoms in total. The predicted octanol–water partition coefficient (Wildman–Crippen LogP) is 1.92. The molecule has 0 aliphatic carbocycles. The SMILES string of the molecule is CC1CCN(c2n[nH]c(-c3cc(F)ccc3F)n2)CC1N. The van der Waals surface area contributed by atoms with Crippen LogP contribution in [0.15, 0.2) is 18.2 Å². The minimum absolute atomic E-state index is 0.0617. The first-order chi connectivity index (χ1) is 10.0. The van der Waals surface area contributed by atoms with E-state index in [2.05, 4.69) is 22.1 Å². The van der Waals surface area contributed by atoms with Crippen LogP contribution in [0, 0.1) is 17.6 Å². The zero-order chi connectivity index (χ0) is 15.0. The first kappa shape index (κ1) is 13.9. The molecule has 3 rings (SSSR count). The molecule has 1 saturated heterocycles. The summed E-state index contributed by atoms with van der Waals surface area (Å²) in [6.07, 6.45) is 0.958. The van der Waals surface area contributed by atoms with Crippen LogP contribution in [0.25, 0.3) is 11.4 Å². The molecule has 0 spiro atoms. The van der Waals surface area contributed by atoms with Gasteiger partial charge in [0.15, 0.2) is 5.82 Å². The Labute approximate surface area is 121 Å². The normalized spacial score (nSPS) is 22.6. The quantitative estimate of drug-likeness (QED) is 0.887. The predicted molar refractivity (Wildman–Crippen MR) is 75.7 cm³/mol. The Morgan fingerprint density at radius 3 is 2.95 bits per heavy atom. The van der Waals surface area contributed by atoms with E-state index in [9.17, 15) is 8.78 Å². The molecule has 1 aromatic carbocycles. The average molecular weight is 293 g/mol. The van der Waals surface area contributed by atoms with Crippen molar-refractivity contribution < 1.29 is 8.78 Å². The van der Waals surface area contributed by atoms with Gasteiger partial charge in [-0.2, -0.15) is 4.98 Å². The summed E-state index contributed by atoms with van der Waals surface area (Å²) in [6, 6.07) is 3.31. The van der Waals surface area contributed by atoms with E-state index in [-0.39, 0.29) is 17.4 Å². The van der Waals surface area contributed by atoms with E-state index in [0.717, 1.165) is 31.2 Å². The van der Waals surface area contributed by atoms with Crippen LogP contribution in [0.4, 0.5) is 14.7 Å². The van der Waals surface area contributed by atoms with E-state index in [1.807, 2.05) is 4.90 Å². The summed E-state index contributed by atoms with van der Waals surface area (Å²) in [7, 11) is 0. The van der Waals surface area contributed by atoms with Crippen molar-refractivity contribution in [2.45, 2.75) is 19.4 Å². The Morgan fingerprint density at radius 1 is 1.38 bits per heavy atom. The van der Waals surface area contributed by atoms with Crippen LogP contribution in [0.5, 0.6) is 0 Å². The molecule has 1 fully saturated rings. The Bertz CT molecular complexity index is 642. The molecule has 1 aromatic heterocycles. The van der Waals surface area contributed by atoms with E-state index in [0.29, 0.717) is 18.4 Å². The van der Waals surface area contributed by atoms with Crippen LogP contribution >= 0.6 is 0 Å². The largest absolute Gasteiger partial charge is 0.338 e. The zero-order valence-electron chi connectivity index (χ0n) is 11.7. The molecule has 112 valence electrons. The van der Waals surface area contributed by atoms with Gasteiger partial charge in [-0.15, -0.1) is 5.10 Å². The third-order valence-electron chi connectivity index (χ3n) is 3.96. The Kier molecular flexibility index (Phi) is 3.59. The molecule has 7 heteroatoms. The number of hydrogen-bond acceptors (Lipinski definition) is 4. The second kappa shape index (κ2) is 5.40. The topological polar surface area (TPSA) is 70.8 Å². The number of nitrogens with two attached hydrogens (primary N) is 1. The Morgan fingerprint density at radius 2 is 2.19 bits per heavy atom. The highest BCUT2D eigenvalue weighted by atomic mass is 19.1. The number of nitrogens with one attached hydrogen (secondary N) is 1. The molecule has 0 saturated carbocycles. The third kappa shape index (κ3) is 2.73. The number of rotatable bonds is 2. The minimum Gasteiger partial charge on any atom is -0.338 e. The highest BCUT2D eigenvalue weighted by Gasteiger charge is 2.25. The van der Waals surface area contributed by atoms with Gasteiger partial charge in [0.05, 0.1) is 5.56 Å². The maximum Gasteiger partial charge on any atom is 0.245 e. The van der Waals surface area contributed by atoms with Gasteiger partial charge < -0.3 is 10.6 Å². The number of halogens is 2. The summed E-state index contributed by atoms with van der Waals surface area (Å²) in [5, 5.41) is 6.75. The van der Waals surface area contributed by atoms with Gasteiger partial charge in [-0.25, -0.2) is 8.78 Å². The summed E-state index contributed by atoms with van der Waals surface area (Å²) in [6.45, 7) is 3.58. The molecule has 21 heavy (non-hydrogen) atoms. The first-order valence-corrected chi connectivity index (χ1v) is 6.93. The van der Waals surface area contributed by atoms with Gasteiger partial charge in [0.1, 0.15) is 11.6 Å². The second-order valence-corrected chi connectivity index (χ2v) is 5.48. The molecule has 0 radical (unpaired) electrons. The number of benzene rings is 1. The first-order valence-electron chi connectivity index (χ1n) is 6.93. The lowest BCUT2D eigenvalue weighted by Gasteiger charge is -2.34. The molecular formula is C14H17F2N5. The van der Waals surface area contributed by atoms with Crippen molar-refractivity contribution in [3.8, 4) is 11.4 Å². The van der Waals surface area contributed by atoms with Gasteiger partial charge in [-0.1, -0.05) is 6.92 Å². The maximum atomic E-state index is 13.7. The molecule has 0 amide bonds. The van der Waals surface area contributed by atoms with Gasteiger partial charge in [0.2, 0.25) is 5.95 Å². The van der Waals surface area contributed by atoms with E-state index in [1.165, 1.54) is 0 Å². The molecular weight excluding hydrogens is 276 g/mol. The summed E-state index contributed by atoms with van der Waals surface area (Å²) >= 11 is 0. The summed E-state index contributed by atoms with van der Waals surface area (Å²) in [5.74, 6) is 0.0896. The number of aromatic nitrogens is 3. The maximum absolute atomic E-state index is 13.7. The number of hydrogen-bond donors (Lipinski definition) is 2. The molecule has 0 bridgehead atoms. The molecule has 1 aliphatic rings. The number of H-pyrrole nitrogens is 1. The highest BCUT2D eigenvalue weighted by molar-refractivity contribution is 5.57. The lowest BCUT2D eigenvalue weighted by atomic mass is 9.95. The molecule has 3 N–H and O–H groups in total. The summed E-state index contributed by atoms with van der Waals surface area (Å²) in [4.78, 5) is 6.22. The Hall–Kier alpha value is -2.02. The standard InChI is InChI=1S/C14H17F2N5/c1-8-4-5-21(7-12(8)17)14-18-13(19-20-14)10-6-9(15)2-3-11(10)16/h2-3,6,8,12H,4-5,7,17H2,1H3,(H,18,19,20). The number of aromatic amines is 1. The molecule has 2 atom stereocenters. The van der Waals surface area contributed by atoms with Crippen LogP contribution in [0.2, 0.25) is 0 Å². The van der Waals surface area contributed by atoms with E-state index >= 15 is 0 Å². The Balaban J connectivity index is 1.85. The van der Waals surface area contributed by atoms with Crippen molar-refractivity contribution >= 4 is 5.95 Å². The van der Waals surface area contributed by atoms with Gasteiger partial charge >= 0.3 is 0 Å². The number of nitrogens with zero attached hydrogens (tertiary/aromatic N) is 3. The fourth-order valence-corrected chi connectivity index (χ4v) is 2.47. The van der Waals surface area contributed by atoms with Crippen molar-refractivity contribution in [2.24, 2.45) is 11.7 Å². The van der Waals surface area contributed by atoms with Crippen molar-refractivity contribution in [1.82, 2.24) is 15.2 Å². The smallest absolute Gasteiger partial charge is 0.245 e. The van der Waals surface area contributed by atoms with Crippen molar-refractivity contribution in [3.63, 3.8) is 0 Å². The molecule has 2 unspecified atom stereocenters. The van der Waals surface area contributed by atoms with Crippen molar-refractivity contribution in [3.05, 3.63) is 29.8 Å². The van der Waals surface area contributed by atoms with Crippen LogP contribution in [0.3, 0.4) is 0 Å². The monoisotopic (exact) mass is 293 g/mol. The van der Waals surface area contributed by atoms with E-state index in [4.69, 9.17) is 5.73 Å². The van der Waals surface area contributed by atoms with Crippen LogP contribution < -0.4 is 10.6 Å². The van der Waals surface area contributed by atoms with Gasteiger partial charge in [0, 0.05) is 19.1 Å². The van der Waals surface area contributed by atoms with E-state index < -0.39 is 11.6 Å². The van der Waals surface area contributed by atoms with Crippen LogP contribution in [-0.4, -0.2) is 34.3 Å². The van der Waals surface area contributed by atoms with Crippen LogP contribution in [0.1, 0.15) is 13.3 Å². The second-order valence-electron chi connectivity index (χ2n) is 5.48.